The third-order valence-corrected chi connectivity index (χ3v) is 4.16. The van der Waals surface area contributed by atoms with Gasteiger partial charge >= 0.3 is 6.09 Å². The van der Waals surface area contributed by atoms with Gasteiger partial charge in [0, 0.05) is 12.6 Å². The number of benzene rings is 1. The van der Waals surface area contributed by atoms with Gasteiger partial charge in [0.1, 0.15) is 17.4 Å². The number of alkyl halides is 1. The molecule has 7 heteroatoms. The van der Waals surface area contributed by atoms with E-state index in [1.54, 1.807) is 45.0 Å². The number of rotatable bonds is 3. The van der Waals surface area contributed by atoms with Gasteiger partial charge in [-0.2, -0.15) is 0 Å². The molecular formula is C19H21FN2O4. The lowest BCUT2D eigenvalue weighted by molar-refractivity contribution is -0.131. The lowest BCUT2D eigenvalue weighted by Crippen LogP contribution is -2.48. The smallest absolute Gasteiger partial charge is 0.408 e. The molecule has 1 aromatic carbocycles. The number of amides is 2. The van der Waals surface area contributed by atoms with E-state index in [-0.39, 0.29) is 11.3 Å². The van der Waals surface area contributed by atoms with Gasteiger partial charge in [0.05, 0.1) is 12.0 Å². The number of ether oxygens (including phenoxy) is 1. The van der Waals surface area contributed by atoms with E-state index < -0.39 is 29.3 Å². The van der Waals surface area contributed by atoms with Crippen LogP contribution in [0.3, 0.4) is 0 Å². The van der Waals surface area contributed by atoms with Gasteiger partial charge < -0.3 is 19.4 Å². The monoisotopic (exact) mass is 360 g/mol. The second-order valence-electron chi connectivity index (χ2n) is 7.19. The number of likely N-dealkylation sites (N-methyl/N-ethyl adjacent to an activating group) is 1. The van der Waals surface area contributed by atoms with E-state index in [9.17, 15) is 9.59 Å². The molecule has 1 unspecified atom stereocenters. The number of nitrogens with one attached hydrogen (secondary N) is 1. The van der Waals surface area contributed by atoms with Gasteiger partial charge in [0.15, 0.2) is 0 Å². The van der Waals surface area contributed by atoms with Crippen molar-refractivity contribution in [3.63, 3.8) is 0 Å². The first-order chi connectivity index (χ1) is 12.1. The summed E-state index contributed by atoms with van der Waals surface area (Å²) in [5, 5.41) is 2.47. The maximum absolute atomic E-state index is 16.2. The number of para-hydroxylation sites is 1. The van der Waals surface area contributed by atoms with E-state index in [1.165, 1.54) is 30.3 Å². The number of carbonyl (C=O) groups excluding carboxylic acids is 2. The molecule has 2 amide bonds. The van der Waals surface area contributed by atoms with Crippen molar-refractivity contribution < 1.29 is 23.1 Å². The summed E-state index contributed by atoms with van der Waals surface area (Å²) in [6.45, 7) is 5.09. The molecule has 2 aromatic rings. The first-order valence-electron chi connectivity index (χ1n) is 8.24. The van der Waals surface area contributed by atoms with Crippen LogP contribution in [0.2, 0.25) is 0 Å². The topological polar surface area (TPSA) is 71.8 Å². The highest BCUT2D eigenvalue weighted by Crippen LogP contribution is 2.49. The number of furan rings is 1. The molecular weight excluding hydrogens is 339 g/mol. The highest BCUT2D eigenvalue weighted by Gasteiger charge is 2.58. The number of hydrogen-bond donors (Lipinski definition) is 1. The zero-order valence-electron chi connectivity index (χ0n) is 15.1. The summed E-state index contributed by atoms with van der Waals surface area (Å²) in [5.74, 6) is -0.659. The van der Waals surface area contributed by atoms with Crippen LogP contribution in [0.1, 0.15) is 38.1 Å². The van der Waals surface area contributed by atoms with Crippen LogP contribution < -0.4 is 10.2 Å². The first kappa shape index (κ1) is 18.0. The van der Waals surface area contributed by atoms with Gasteiger partial charge in [0.25, 0.3) is 5.91 Å². The Morgan fingerprint density at radius 3 is 2.58 bits per heavy atom. The standard InChI is InChI=1S/C19H21FN2O4/c1-18(2,3)26-17(24)21-15(14-10-7-11-25-14)19(20)12-8-5-6-9-13(12)22(4)16(19)23/h5-11,15H,1-4H3,(H,21,24)/t15?,19-/m0/s1. The minimum Gasteiger partial charge on any atom is -0.467 e. The molecule has 1 aromatic heterocycles. The summed E-state index contributed by atoms with van der Waals surface area (Å²) in [4.78, 5) is 26.3. The van der Waals surface area contributed by atoms with Gasteiger partial charge in [-0.25, -0.2) is 9.18 Å². The minimum absolute atomic E-state index is 0.122. The summed E-state index contributed by atoms with van der Waals surface area (Å²) in [6, 6.07) is 8.26. The molecule has 26 heavy (non-hydrogen) atoms. The zero-order chi connectivity index (χ0) is 19.1. The normalized spacial score (nSPS) is 20.7. The Morgan fingerprint density at radius 1 is 1.27 bits per heavy atom. The van der Waals surface area contributed by atoms with Crippen molar-refractivity contribution in [2.75, 3.05) is 11.9 Å². The Balaban J connectivity index is 2.05. The van der Waals surface area contributed by atoms with E-state index in [1.807, 2.05) is 0 Å². The van der Waals surface area contributed by atoms with Crippen molar-refractivity contribution >= 4 is 17.7 Å². The SMILES string of the molecule is CN1C(=O)[C@@](F)(C(NC(=O)OC(C)(C)C)c2ccco2)c2ccccc21. The average molecular weight is 360 g/mol. The van der Waals surface area contributed by atoms with E-state index in [4.69, 9.17) is 9.15 Å². The van der Waals surface area contributed by atoms with Crippen LogP contribution in [0.25, 0.3) is 0 Å². The van der Waals surface area contributed by atoms with Gasteiger partial charge in [-0.15, -0.1) is 0 Å². The van der Waals surface area contributed by atoms with Gasteiger partial charge in [0.2, 0.25) is 5.67 Å². The number of halogens is 1. The van der Waals surface area contributed by atoms with Crippen LogP contribution in [-0.4, -0.2) is 24.6 Å². The average Bonchev–Trinajstić information content (AvgIpc) is 3.15. The fourth-order valence-electron chi connectivity index (χ4n) is 3.07. The molecule has 1 aliphatic rings. The van der Waals surface area contributed by atoms with E-state index in [0.717, 1.165) is 0 Å². The fraction of sp³-hybridized carbons (Fsp3) is 0.368. The molecule has 0 bridgehead atoms. The Hall–Kier alpha value is -2.83. The molecule has 0 saturated heterocycles. The minimum atomic E-state index is -2.51. The van der Waals surface area contributed by atoms with Crippen molar-refractivity contribution in [2.24, 2.45) is 0 Å². The summed E-state index contributed by atoms with van der Waals surface area (Å²) in [7, 11) is 1.50. The Labute approximate surface area is 150 Å². The molecule has 138 valence electrons. The van der Waals surface area contributed by atoms with Gasteiger partial charge in [-0.3, -0.25) is 4.79 Å². The lowest BCUT2D eigenvalue weighted by Gasteiger charge is -2.29. The quantitative estimate of drug-likeness (QED) is 0.906. The van der Waals surface area contributed by atoms with E-state index in [2.05, 4.69) is 5.32 Å². The predicted molar refractivity (Wildman–Crippen MR) is 93.5 cm³/mol. The molecule has 0 saturated carbocycles. The molecule has 1 N–H and O–H groups in total. The van der Waals surface area contributed by atoms with Crippen LogP contribution in [-0.2, 0) is 15.2 Å². The summed E-state index contributed by atoms with van der Waals surface area (Å²) < 4.78 is 26.8. The molecule has 0 spiro atoms. The Kier molecular flexibility index (Phi) is 4.26. The maximum atomic E-state index is 16.2. The summed E-state index contributed by atoms with van der Waals surface area (Å²) in [5.41, 5.74) is -2.66. The van der Waals surface area contributed by atoms with Crippen LogP contribution in [0.15, 0.2) is 47.1 Å². The van der Waals surface area contributed by atoms with Crippen LogP contribution in [0.4, 0.5) is 14.9 Å². The van der Waals surface area contributed by atoms with Crippen molar-refractivity contribution in [3.05, 3.63) is 54.0 Å². The van der Waals surface area contributed by atoms with Crippen LogP contribution in [0, 0.1) is 0 Å². The lowest BCUT2D eigenvalue weighted by atomic mass is 9.87. The number of nitrogens with zero attached hydrogens (tertiary/aromatic N) is 1. The largest absolute Gasteiger partial charge is 0.467 e. The third kappa shape index (κ3) is 2.94. The number of hydrogen-bond acceptors (Lipinski definition) is 4. The fourth-order valence-corrected chi connectivity index (χ4v) is 3.07. The predicted octanol–water partition coefficient (Wildman–Crippen LogP) is 3.69. The van der Waals surface area contributed by atoms with Gasteiger partial charge in [-0.05, 0) is 39.0 Å². The molecule has 1 aliphatic heterocycles. The molecule has 2 heterocycles. The maximum Gasteiger partial charge on any atom is 0.408 e. The highest BCUT2D eigenvalue weighted by molar-refractivity contribution is 6.07. The number of anilines is 1. The molecule has 0 fully saturated rings. The van der Waals surface area contributed by atoms with Crippen LogP contribution >= 0.6 is 0 Å². The second kappa shape index (κ2) is 6.16. The first-order valence-corrected chi connectivity index (χ1v) is 8.24. The number of fused-ring (bicyclic) bond motifs is 1. The zero-order valence-corrected chi connectivity index (χ0v) is 15.1. The number of carbonyl (C=O) groups is 2. The van der Waals surface area contributed by atoms with E-state index >= 15 is 4.39 Å². The highest BCUT2D eigenvalue weighted by atomic mass is 19.1. The third-order valence-electron chi connectivity index (χ3n) is 4.16. The number of alkyl carbamates (subject to hydrolysis) is 1. The van der Waals surface area contributed by atoms with Crippen LogP contribution in [0.5, 0.6) is 0 Å². The molecule has 0 aliphatic carbocycles. The van der Waals surface area contributed by atoms with Crippen molar-refractivity contribution in [2.45, 2.75) is 38.1 Å². The van der Waals surface area contributed by atoms with Crippen molar-refractivity contribution in [1.82, 2.24) is 5.32 Å². The molecule has 0 radical (unpaired) electrons. The molecule has 2 atom stereocenters. The van der Waals surface area contributed by atoms with Gasteiger partial charge in [-0.1, -0.05) is 18.2 Å². The van der Waals surface area contributed by atoms with Crippen molar-refractivity contribution in [1.29, 1.82) is 0 Å². The Bertz CT molecular complexity index is 828. The summed E-state index contributed by atoms with van der Waals surface area (Å²) >= 11 is 0. The van der Waals surface area contributed by atoms with Crippen molar-refractivity contribution in [3.8, 4) is 0 Å². The summed E-state index contributed by atoms with van der Waals surface area (Å²) in [6.07, 6.45) is 0.521. The molecule has 6 nitrogen and oxygen atoms in total. The van der Waals surface area contributed by atoms with E-state index in [0.29, 0.717) is 5.69 Å². The molecule has 3 rings (SSSR count). The second-order valence-corrected chi connectivity index (χ2v) is 7.19. The Morgan fingerprint density at radius 2 is 1.96 bits per heavy atom.